The third-order valence-corrected chi connectivity index (χ3v) is 6.34. The lowest BCUT2D eigenvalue weighted by Gasteiger charge is -2.34. The first-order valence-corrected chi connectivity index (χ1v) is 10.3. The van der Waals surface area contributed by atoms with Gasteiger partial charge < -0.3 is 14.2 Å². The molecule has 1 aromatic heterocycles. The number of hydrogen-bond acceptors (Lipinski definition) is 6. The van der Waals surface area contributed by atoms with Gasteiger partial charge in [-0.05, 0) is 38.5 Å². The van der Waals surface area contributed by atoms with Gasteiger partial charge in [0.15, 0.2) is 5.76 Å². The van der Waals surface area contributed by atoms with Gasteiger partial charge in [-0.3, -0.25) is 4.79 Å². The van der Waals surface area contributed by atoms with Crippen molar-refractivity contribution in [1.29, 1.82) is 0 Å². The van der Waals surface area contributed by atoms with Crippen molar-refractivity contribution < 1.29 is 26.9 Å². The Hall–Kier alpha value is -2.30. The van der Waals surface area contributed by atoms with Gasteiger partial charge >= 0.3 is 0 Å². The number of aryl methyl sites for hydroxylation is 2. The highest BCUT2D eigenvalue weighted by molar-refractivity contribution is 7.89. The highest BCUT2D eigenvalue weighted by Gasteiger charge is 2.32. The molecule has 0 saturated carbocycles. The van der Waals surface area contributed by atoms with E-state index in [1.165, 1.54) is 37.8 Å². The second kappa shape index (κ2) is 7.98. The molecule has 1 amide bonds. The zero-order valence-electron chi connectivity index (χ0n) is 15.8. The Kier molecular flexibility index (Phi) is 5.82. The fourth-order valence-corrected chi connectivity index (χ4v) is 4.73. The first-order valence-electron chi connectivity index (χ1n) is 8.80. The Bertz CT molecular complexity index is 939. The van der Waals surface area contributed by atoms with E-state index in [0.29, 0.717) is 13.2 Å². The predicted molar refractivity (Wildman–Crippen MR) is 97.4 cm³/mol. The van der Waals surface area contributed by atoms with Gasteiger partial charge in [-0.1, -0.05) is 17.3 Å². The molecule has 1 saturated heterocycles. The Morgan fingerprint density at radius 3 is 2.61 bits per heavy atom. The number of benzene rings is 1. The molecular weight excluding hydrogens is 389 g/mol. The molecule has 10 heteroatoms. The number of hydrogen-bond donors (Lipinski definition) is 1. The quantitative estimate of drug-likeness (QED) is 0.804. The molecule has 8 nitrogen and oxygen atoms in total. The van der Waals surface area contributed by atoms with Gasteiger partial charge in [0.1, 0.15) is 22.5 Å². The fourth-order valence-electron chi connectivity index (χ4n) is 3.20. The third kappa shape index (κ3) is 4.23. The lowest BCUT2D eigenvalue weighted by atomic mass is 10.1. The first-order chi connectivity index (χ1) is 13.2. The highest BCUT2D eigenvalue weighted by atomic mass is 32.2. The Balaban J connectivity index is 1.69. The molecule has 2 atom stereocenters. The van der Waals surface area contributed by atoms with Gasteiger partial charge in [0.25, 0.3) is 0 Å². The topological polar surface area (TPSA) is 102 Å². The number of rotatable bonds is 5. The summed E-state index contributed by atoms with van der Waals surface area (Å²) in [5.74, 6) is -0.562. The van der Waals surface area contributed by atoms with E-state index in [-0.39, 0.29) is 34.6 Å². The molecule has 0 bridgehead atoms. The van der Waals surface area contributed by atoms with E-state index in [1.807, 2.05) is 0 Å². The van der Waals surface area contributed by atoms with E-state index in [1.54, 1.807) is 12.1 Å². The summed E-state index contributed by atoms with van der Waals surface area (Å²) in [4.78, 5) is 14.3. The number of carbonyl (C=O) groups is 1. The average Bonchev–Trinajstić information content (AvgIpc) is 3.00. The van der Waals surface area contributed by atoms with Crippen LogP contribution in [0.5, 0.6) is 0 Å². The van der Waals surface area contributed by atoms with Crippen LogP contribution in [0.4, 0.5) is 4.39 Å². The number of morpholine rings is 1. The Morgan fingerprint density at radius 2 is 2.00 bits per heavy atom. The third-order valence-electron chi connectivity index (χ3n) is 4.56. The molecule has 0 radical (unpaired) electrons. The summed E-state index contributed by atoms with van der Waals surface area (Å²) in [6.45, 7) is 5.40. The number of halogens is 1. The number of ether oxygens (including phenoxy) is 1. The van der Waals surface area contributed by atoms with Gasteiger partial charge in [0, 0.05) is 6.54 Å². The van der Waals surface area contributed by atoms with Crippen LogP contribution in [0.1, 0.15) is 30.0 Å². The molecule has 1 aromatic carbocycles. The molecule has 1 aliphatic heterocycles. The van der Waals surface area contributed by atoms with E-state index >= 15 is 0 Å². The monoisotopic (exact) mass is 411 g/mol. The number of aromatic nitrogens is 1. The van der Waals surface area contributed by atoms with E-state index in [4.69, 9.17) is 9.26 Å². The van der Waals surface area contributed by atoms with E-state index in [0.717, 1.165) is 5.56 Å². The lowest BCUT2D eigenvalue weighted by molar-refractivity contribution is -0.140. The molecule has 152 valence electrons. The van der Waals surface area contributed by atoms with Crippen molar-refractivity contribution in [2.75, 3.05) is 19.7 Å². The van der Waals surface area contributed by atoms with Crippen molar-refractivity contribution in [2.45, 2.75) is 37.8 Å². The van der Waals surface area contributed by atoms with Crippen molar-refractivity contribution in [2.24, 2.45) is 0 Å². The molecular formula is C18H22FN3O5S. The van der Waals surface area contributed by atoms with Crippen molar-refractivity contribution in [3.8, 4) is 0 Å². The molecule has 1 unspecified atom stereocenters. The second-order valence-electron chi connectivity index (χ2n) is 6.69. The zero-order valence-corrected chi connectivity index (χ0v) is 16.6. The molecule has 0 aliphatic carbocycles. The van der Waals surface area contributed by atoms with Gasteiger partial charge in [0.2, 0.25) is 15.9 Å². The van der Waals surface area contributed by atoms with Gasteiger partial charge in [-0.2, -0.15) is 4.72 Å². The first kappa shape index (κ1) is 20.4. The maximum Gasteiger partial charge on any atom is 0.246 e. The maximum absolute atomic E-state index is 13.1. The highest BCUT2D eigenvalue weighted by Crippen LogP contribution is 2.23. The average molecular weight is 411 g/mol. The largest absolute Gasteiger partial charge is 0.370 e. The predicted octanol–water partition coefficient (Wildman–Crippen LogP) is 1.70. The van der Waals surface area contributed by atoms with Crippen molar-refractivity contribution in [3.05, 3.63) is 47.1 Å². The van der Waals surface area contributed by atoms with Crippen LogP contribution in [0.2, 0.25) is 0 Å². The minimum atomic E-state index is -3.96. The molecule has 2 heterocycles. The lowest BCUT2D eigenvalue weighted by Crippen LogP contribution is -2.51. The number of nitrogens with one attached hydrogen (secondary N) is 1. The molecule has 3 rings (SSSR count). The van der Waals surface area contributed by atoms with Gasteiger partial charge in [-0.25, -0.2) is 12.8 Å². The number of carbonyl (C=O) groups excluding carboxylic acids is 1. The summed E-state index contributed by atoms with van der Waals surface area (Å²) in [7, 11) is -3.96. The van der Waals surface area contributed by atoms with Crippen LogP contribution in [0.3, 0.4) is 0 Å². The molecule has 1 aliphatic rings. The Morgan fingerprint density at radius 1 is 1.32 bits per heavy atom. The van der Waals surface area contributed by atoms with Crippen molar-refractivity contribution >= 4 is 15.9 Å². The van der Waals surface area contributed by atoms with Crippen molar-refractivity contribution in [3.63, 3.8) is 0 Å². The van der Waals surface area contributed by atoms with Crippen LogP contribution < -0.4 is 4.72 Å². The maximum atomic E-state index is 13.1. The number of nitrogens with zero attached hydrogens (tertiary/aromatic N) is 2. The van der Waals surface area contributed by atoms with Gasteiger partial charge in [0.05, 0.1) is 19.2 Å². The second-order valence-corrected chi connectivity index (χ2v) is 8.34. The zero-order chi connectivity index (χ0) is 20.5. The summed E-state index contributed by atoms with van der Waals surface area (Å²) in [5, 5.41) is 3.64. The number of sulfonamides is 1. The Labute approximate surface area is 162 Å². The van der Waals surface area contributed by atoms with E-state index in [9.17, 15) is 17.6 Å². The van der Waals surface area contributed by atoms with Crippen molar-refractivity contribution in [1.82, 2.24) is 14.8 Å². The van der Waals surface area contributed by atoms with Crippen LogP contribution in [-0.4, -0.2) is 50.1 Å². The molecule has 2 aromatic rings. The van der Waals surface area contributed by atoms with Crippen LogP contribution in [0.25, 0.3) is 0 Å². The standard InChI is InChI=1S/C18H22FN3O5S/c1-11-17(13(3)27-20-11)28(24,25)21-12(2)18(23)22-8-9-26-16(10-22)14-4-6-15(19)7-5-14/h4-7,12,16,21H,8-10H2,1-3H3/t12-,16?/m0/s1. The molecule has 0 spiro atoms. The number of amides is 1. The van der Waals surface area contributed by atoms with E-state index < -0.39 is 22.2 Å². The summed E-state index contributed by atoms with van der Waals surface area (Å²) >= 11 is 0. The summed E-state index contributed by atoms with van der Waals surface area (Å²) < 4.78 is 51.3. The summed E-state index contributed by atoms with van der Waals surface area (Å²) in [5.41, 5.74) is 0.982. The van der Waals surface area contributed by atoms with Crippen LogP contribution in [0.15, 0.2) is 33.7 Å². The SMILES string of the molecule is Cc1noc(C)c1S(=O)(=O)N[C@@H](C)C(=O)N1CCOC(c2ccc(F)cc2)C1. The van der Waals surface area contributed by atoms with Crippen LogP contribution in [-0.2, 0) is 19.6 Å². The molecule has 1 fully saturated rings. The van der Waals surface area contributed by atoms with Gasteiger partial charge in [-0.15, -0.1) is 0 Å². The normalized spacial score (nSPS) is 18.9. The minimum absolute atomic E-state index is 0.0571. The smallest absolute Gasteiger partial charge is 0.246 e. The molecule has 1 N–H and O–H groups in total. The van der Waals surface area contributed by atoms with Crippen LogP contribution >= 0.6 is 0 Å². The van der Waals surface area contributed by atoms with Crippen LogP contribution in [0, 0.1) is 19.7 Å². The molecule has 28 heavy (non-hydrogen) atoms. The fraction of sp³-hybridized carbons (Fsp3) is 0.444. The van der Waals surface area contributed by atoms with E-state index in [2.05, 4.69) is 9.88 Å². The summed E-state index contributed by atoms with van der Waals surface area (Å²) in [6.07, 6.45) is -0.398. The minimum Gasteiger partial charge on any atom is -0.370 e. The summed E-state index contributed by atoms with van der Waals surface area (Å²) in [6, 6.07) is 4.90.